The maximum atomic E-state index is 12.1. The summed E-state index contributed by atoms with van der Waals surface area (Å²) < 4.78 is 18.9. The Morgan fingerprint density at radius 3 is 1.20 bits per heavy atom. The molecule has 15 atom stereocenters. The second-order valence-electron chi connectivity index (χ2n) is 14.9. The summed E-state index contributed by atoms with van der Waals surface area (Å²) in [5, 5.41) is 101. The zero-order chi connectivity index (χ0) is 49.1. The second-order valence-corrected chi connectivity index (χ2v) is 15.5. The van der Waals surface area contributed by atoms with E-state index in [0.29, 0.717) is 16.1 Å². The van der Waals surface area contributed by atoms with Gasteiger partial charge in [0.2, 0.25) is 16.8 Å². The summed E-state index contributed by atoms with van der Waals surface area (Å²) in [4.78, 5) is 46.5. The Morgan fingerprint density at radius 1 is 0.600 bits per heavy atom. The Kier molecular flexibility index (Phi) is 16.8. The van der Waals surface area contributed by atoms with Gasteiger partial charge >= 0.3 is 17.1 Å². The largest absolute Gasteiger partial charge is 0.391 e. The van der Waals surface area contributed by atoms with Crippen LogP contribution in [-0.2, 0) is 14.2 Å². The average molecular weight is 976 g/mol. The number of aliphatic hydroxyl groups is 9. The molecule has 3 aliphatic rings. The molecule has 6 heterocycles. The third-order valence-electron chi connectivity index (χ3n) is 10.2. The van der Waals surface area contributed by atoms with E-state index in [1.54, 1.807) is 13.8 Å². The summed E-state index contributed by atoms with van der Waals surface area (Å²) in [7, 11) is 0. The molecule has 354 valence electrons. The molecular formula is C37H45Cl3N10O15. The number of aryl methyl sites for hydroxylation is 2. The van der Waals surface area contributed by atoms with E-state index in [2.05, 4.69) is 37.8 Å². The lowest BCUT2D eigenvalue weighted by Crippen LogP contribution is -2.49. The van der Waals surface area contributed by atoms with Gasteiger partial charge in [0.15, 0.2) is 18.7 Å². The van der Waals surface area contributed by atoms with Crippen molar-refractivity contribution in [2.24, 2.45) is 0 Å². The van der Waals surface area contributed by atoms with E-state index in [-0.39, 0.29) is 17.5 Å². The van der Waals surface area contributed by atoms with Crippen LogP contribution in [0.15, 0.2) is 32.7 Å². The molecule has 0 saturated carbocycles. The van der Waals surface area contributed by atoms with Crippen LogP contribution in [0.5, 0.6) is 0 Å². The van der Waals surface area contributed by atoms with Crippen LogP contribution < -0.4 is 34.3 Å². The van der Waals surface area contributed by atoms with E-state index in [1.165, 1.54) is 32.9 Å². The summed E-state index contributed by atoms with van der Waals surface area (Å²) >= 11 is 16.0. The Labute approximate surface area is 382 Å². The monoisotopic (exact) mass is 974 g/mol. The van der Waals surface area contributed by atoms with Gasteiger partial charge in [-0.25, -0.2) is 14.4 Å². The highest BCUT2D eigenvalue weighted by Gasteiger charge is 2.60. The molecule has 0 aliphatic carbocycles. The van der Waals surface area contributed by atoms with Gasteiger partial charge in [-0.3, -0.25) is 9.13 Å². The first-order valence-corrected chi connectivity index (χ1v) is 19.9. The molecule has 3 aliphatic heterocycles. The van der Waals surface area contributed by atoms with Crippen molar-refractivity contribution in [3.8, 4) is 33.9 Å². The minimum atomic E-state index is -2.24. The number of ether oxygens (including phenoxy) is 3. The average Bonchev–Trinajstić information content (AvgIpc) is 3.71. The summed E-state index contributed by atoms with van der Waals surface area (Å²) in [6.45, 7) is 7.21. The van der Waals surface area contributed by atoms with E-state index < -0.39 is 107 Å². The van der Waals surface area contributed by atoms with E-state index in [0.717, 1.165) is 15.3 Å². The van der Waals surface area contributed by atoms with Gasteiger partial charge in [-0.2, -0.15) is 24.7 Å². The fourth-order valence-corrected chi connectivity index (χ4v) is 7.51. The molecule has 15 N–H and O–H groups in total. The smallest absolute Gasteiger partial charge is 0.368 e. The van der Waals surface area contributed by atoms with Crippen molar-refractivity contribution in [2.75, 3.05) is 17.2 Å². The molecule has 3 unspecified atom stereocenters. The van der Waals surface area contributed by atoms with Gasteiger partial charge in [-0.15, -0.1) is 0 Å². The van der Waals surface area contributed by atoms with Crippen LogP contribution in [-0.4, -0.2) is 152 Å². The summed E-state index contributed by atoms with van der Waals surface area (Å²) in [5.41, 5.74) is 7.91. The number of aliphatic hydroxyl groups excluding tert-OH is 6. The standard InChI is InChI=1S/2C13H16ClN3O5.C11H13ClN4O5/c2*1-6-5-8(15)16-12(20)17(6)11-13(21,3-4-14)10(19)9(22-11)7(2)18;1-5(17)7-8(18)11(20,2-3-12)9(21-7)16-10(19)15-6(13)4-14-16/h2*5,7,9-11,18-19,21H,1-2H3,(H2,15,16,20);4-5,7-9,17-18,20H,1H3,(H2,13,15,19)/t7-,9+,10-,11+,13?;7-,9-,10+,11-,13?;5-,7-,8+,9-,11?/m011/s1. The van der Waals surface area contributed by atoms with Crippen LogP contribution in [0.25, 0.3) is 0 Å². The summed E-state index contributed by atoms with van der Waals surface area (Å²) in [6.07, 6.45) is -14.8. The third kappa shape index (κ3) is 10.4. The van der Waals surface area contributed by atoms with E-state index in [4.69, 9.17) is 66.2 Å². The van der Waals surface area contributed by atoms with Crippen molar-refractivity contribution in [3.05, 3.63) is 61.2 Å². The van der Waals surface area contributed by atoms with Crippen molar-refractivity contribution in [3.63, 3.8) is 0 Å². The molecule has 25 nitrogen and oxygen atoms in total. The van der Waals surface area contributed by atoms with Crippen molar-refractivity contribution in [1.29, 1.82) is 0 Å². The van der Waals surface area contributed by atoms with Crippen LogP contribution in [0.4, 0.5) is 17.5 Å². The molecule has 28 heteroatoms. The lowest BCUT2D eigenvalue weighted by Gasteiger charge is -2.27. The number of nitrogens with zero attached hydrogens (tertiary/aromatic N) is 7. The van der Waals surface area contributed by atoms with Crippen molar-refractivity contribution in [2.45, 2.75) is 125 Å². The summed E-state index contributed by atoms with van der Waals surface area (Å²) in [5.74, 6) is 6.55. The predicted molar refractivity (Wildman–Crippen MR) is 227 cm³/mol. The van der Waals surface area contributed by atoms with Gasteiger partial charge in [0, 0.05) is 27.5 Å². The molecule has 0 radical (unpaired) electrons. The highest BCUT2D eigenvalue weighted by atomic mass is 35.5. The molecule has 65 heavy (non-hydrogen) atoms. The fourth-order valence-electron chi connectivity index (χ4n) is 7.05. The number of nitrogen functional groups attached to an aromatic ring is 3. The van der Waals surface area contributed by atoms with Crippen LogP contribution in [0.2, 0.25) is 0 Å². The maximum absolute atomic E-state index is 12.1. The Balaban J connectivity index is 0.000000213. The minimum absolute atomic E-state index is 0.0105. The first-order chi connectivity index (χ1) is 30.2. The molecule has 3 aromatic heterocycles. The quantitative estimate of drug-likeness (QED) is 0.103. The van der Waals surface area contributed by atoms with Crippen LogP contribution >= 0.6 is 34.8 Å². The number of aromatic nitrogens is 7. The minimum Gasteiger partial charge on any atom is -0.391 e. The fraction of sp³-hybridized carbons (Fsp3) is 0.541. The Morgan fingerprint density at radius 2 is 0.908 bits per heavy atom. The zero-order valence-corrected chi connectivity index (χ0v) is 36.9. The van der Waals surface area contributed by atoms with E-state index in [1.807, 2.05) is 16.1 Å². The molecule has 0 spiro atoms. The van der Waals surface area contributed by atoms with Crippen molar-refractivity contribution >= 4 is 52.3 Å². The summed E-state index contributed by atoms with van der Waals surface area (Å²) in [6, 6.07) is 2.81. The topological polar surface area (TPSA) is 405 Å². The molecule has 0 aromatic carbocycles. The van der Waals surface area contributed by atoms with Gasteiger partial charge in [0.25, 0.3) is 0 Å². The number of anilines is 3. The van der Waals surface area contributed by atoms with Gasteiger partial charge < -0.3 is 77.4 Å². The number of hydrogen-bond acceptors (Lipinski definition) is 22. The van der Waals surface area contributed by atoms with E-state index >= 15 is 0 Å². The van der Waals surface area contributed by atoms with Crippen LogP contribution in [0, 0.1) is 47.7 Å². The van der Waals surface area contributed by atoms with E-state index in [9.17, 15) is 60.3 Å². The first-order valence-electron chi connectivity index (χ1n) is 18.8. The van der Waals surface area contributed by atoms with Gasteiger partial charge in [0.1, 0.15) is 54.1 Å². The zero-order valence-electron chi connectivity index (χ0n) is 34.6. The molecule has 0 amide bonds. The van der Waals surface area contributed by atoms with Crippen molar-refractivity contribution < 1.29 is 60.2 Å². The van der Waals surface area contributed by atoms with Gasteiger partial charge in [-0.05, 0) is 99.3 Å². The lowest BCUT2D eigenvalue weighted by molar-refractivity contribution is -0.0945. The lowest BCUT2D eigenvalue weighted by atomic mass is 9.93. The number of nitrogens with two attached hydrogens (primary N) is 3. The third-order valence-corrected chi connectivity index (χ3v) is 10.5. The van der Waals surface area contributed by atoms with Crippen molar-refractivity contribution in [1.82, 2.24) is 33.9 Å². The number of hydrogen-bond donors (Lipinski definition) is 12. The molecule has 3 saturated heterocycles. The van der Waals surface area contributed by atoms with Gasteiger partial charge in [-0.1, -0.05) is 0 Å². The van der Waals surface area contributed by atoms with Crippen LogP contribution in [0.1, 0.15) is 50.8 Å². The molecule has 3 aromatic rings. The predicted octanol–water partition coefficient (Wildman–Crippen LogP) is -4.80. The first kappa shape index (κ1) is 52.7. The molecule has 0 bridgehead atoms. The highest BCUT2D eigenvalue weighted by molar-refractivity contribution is 6.30. The number of rotatable bonds is 6. The molecular weight excluding hydrogens is 931 g/mol. The van der Waals surface area contributed by atoms with Crippen LogP contribution in [0.3, 0.4) is 0 Å². The molecule has 3 fully saturated rings. The normalized spacial score (nSPS) is 32.7. The second kappa shape index (κ2) is 20.7. The maximum Gasteiger partial charge on any atom is 0.368 e. The Bertz CT molecular complexity index is 2480. The SMILES string of the molecule is C[C@@H](O)[C@H]1O[C@@H](n2ncc(N)nc2=O)C(O)(C#CCl)[C@H]1O.Cc1cc(N)nc(=O)n1[C@@H]1O[C@H]([C@@H](C)O)[C@H](O)C1(O)C#CCl.Cc1cc(N)nc(=O)n1[C@@H]1O[C@H]([C@H](C)O)[C@H](O)C1(O)C#CCl. The highest BCUT2D eigenvalue weighted by Crippen LogP contribution is 2.41. The van der Waals surface area contributed by atoms with Gasteiger partial charge in [0.05, 0.1) is 24.5 Å². The molecule has 6 rings (SSSR count). The Hall–Kier alpha value is -4.96. The number of halogens is 3.